The number of carbonyl (C=O) groups is 2. The zero-order chi connectivity index (χ0) is 15.1. The predicted octanol–water partition coefficient (Wildman–Crippen LogP) is 2.42. The maximum absolute atomic E-state index is 13.0. The van der Waals surface area contributed by atoms with Gasteiger partial charge in [-0.1, -0.05) is 33.6 Å². The first-order valence-electron chi connectivity index (χ1n) is 8.67. The maximum Gasteiger partial charge on any atom is 0.246 e. The second-order valence-corrected chi connectivity index (χ2v) is 7.37. The van der Waals surface area contributed by atoms with Crippen molar-refractivity contribution in [1.82, 2.24) is 9.80 Å². The van der Waals surface area contributed by atoms with Gasteiger partial charge in [0.1, 0.15) is 12.1 Å². The molecule has 4 nitrogen and oxygen atoms in total. The lowest BCUT2D eigenvalue weighted by Gasteiger charge is -2.47. The Labute approximate surface area is 127 Å². The van der Waals surface area contributed by atoms with E-state index in [9.17, 15) is 9.59 Å². The number of amides is 2. The summed E-state index contributed by atoms with van der Waals surface area (Å²) in [4.78, 5) is 29.7. The zero-order valence-corrected chi connectivity index (χ0v) is 13.5. The molecule has 3 aliphatic rings. The van der Waals surface area contributed by atoms with Crippen LogP contribution in [0, 0.1) is 11.8 Å². The molecule has 0 radical (unpaired) electrons. The molecular formula is C17H28N2O2. The molecule has 0 N–H and O–H groups in total. The van der Waals surface area contributed by atoms with Crippen molar-refractivity contribution in [3.8, 4) is 0 Å². The zero-order valence-electron chi connectivity index (χ0n) is 13.5. The van der Waals surface area contributed by atoms with Crippen molar-refractivity contribution in [2.75, 3.05) is 6.54 Å². The van der Waals surface area contributed by atoms with Crippen LogP contribution in [-0.2, 0) is 9.59 Å². The summed E-state index contributed by atoms with van der Waals surface area (Å²) in [6.07, 6.45) is 6.48. The van der Waals surface area contributed by atoms with Crippen LogP contribution >= 0.6 is 0 Å². The minimum absolute atomic E-state index is 0.166. The Bertz CT molecular complexity index is 431. The normalized spacial score (nSPS) is 31.0. The molecule has 21 heavy (non-hydrogen) atoms. The van der Waals surface area contributed by atoms with Crippen LogP contribution in [0.25, 0.3) is 0 Å². The van der Waals surface area contributed by atoms with Crippen molar-refractivity contribution in [2.45, 2.75) is 77.4 Å². The van der Waals surface area contributed by atoms with Crippen molar-refractivity contribution in [3.63, 3.8) is 0 Å². The Kier molecular flexibility index (Phi) is 3.98. The van der Waals surface area contributed by atoms with Crippen LogP contribution in [0.5, 0.6) is 0 Å². The van der Waals surface area contributed by atoms with E-state index in [1.165, 1.54) is 12.8 Å². The number of carbonyl (C=O) groups excluding carboxylic acids is 2. The van der Waals surface area contributed by atoms with Crippen molar-refractivity contribution >= 4 is 11.8 Å². The molecule has 118 valence electrons. The molecule has 0 aromatic rings. The Morgan fingerprint density at radius 3 is 2.43 bits per heavy atom. The van der Waals surface area contributed by atoms with Crippen LogP contribution in [0.3, 0.4) is 0 Å². The molecule has 3 fully saturated rings. The van der Waals surface area contributed by atoms with Crippen LogP contribution in [0.1, 0.15) is 59.3 Å². The third-order valence-corrected chi connectivity index (χ3v) is 5.43. The first-order chi connectivity index (χ1) is 10.0. The van der Waals surface area contributed by atoms with Gasteiger partial charge in [-0.25, -0.2) is 0 Å². The van der Waals surface area contributed by atoms with Gasteiger partial charge < -0.3 is 9.80 Å². The number of piperazine rings is 1. The highest BCUT2D eigenvalue weighted by atomic mass is 16.2. The summed E-state index contributed by atoms with van der Waals surface area (Å²) in [7, 11) is 0. The fourth-order valence-corrected chi connectivity index (χ4v) is 4.11. The highest BCUT2D eigenvalue weighted by Gasteiger charge is 2.50. The Hall–Kier alpha value is -1.06. The van der Waals surface area contributed by atoms with Gasteiger partial charge in [0, 0.05) is 12.6 Å². The molecule has 0 bridgehead atoms. The number of fused-ring (bicyclic) bond motifs is 1. The lowest BCUT2D eigenvalue weighted by molar-refractivity contribution is -0.164. The van der Waals surface area contributed by atoms with E-state index in [1.807, 2.05) is 9.80 Å². The van der Waals surface area contributed by atoms with E-state index in [2.05, 4.69) is 20.8 Å². The van der Waals surface area contributed by atoms with E-state index < -0.39 is 0 Å². The SMILES string of the molecule is CCC(CC1CC1)N1C(=O)C2CCCN2C(=O)C1C(C)C. The summed E-state index contributed by atoms with van der Waals surface area (Å²) < 4.78 is 0. The average Bonchev–Trinajstić information content (AvgIpc) is 3.12. The van der Waals surface area contributed by atoms with Gasteiger partial charge >= 0.3 is 0 Å². The fraction of sp³-hybridized carbons (Fsp3) is 0.882. The summed E-state index contributed by atoms with van der Waals surface area (Å²) >= 11 is 0. The third-order valence-electron chi connectivity index (χ3n) is 5.43. The van der Waals surface area contributed by atoms with Crippen LogP contribution < -0.4 is 0 Å². The summed E-state index contributed by atoms with van der Waals surface area (Å²) in [6.45, 7) is 7.07. The molecule has 3 rings (SSSR count). The number of nitrogens with zero attached hydrogens (tertiary/aromatic N) is 2. The van der Waals surface area contributed by atoms with Crippen LogP contribution in [0.2, 0.25) is 0 Å². The monoisotopic (exact) mass is 292 g/mol. The summed E-state index contributed by atoms with van der Waals surface area (Å²) in [5, 5.41) is 0. The quantitative estimate of drug-likeness (QED) is 0.781. The molecular weight excluding hydrogens is 264 g/mol. The van der Waals surface area contributed by atoms with E-state index in [4.69, 9.17) is 0 Å². The molecule has 2 aliphatic heterocycles. The number of hydrogen-bond acceptors (Lipinski definition) is 2. The number of rotatable bonds is 5. The first-order valence-corrected chi connectivity index (χ1v) is 8.67. The van der Waals surface area contributed by atoms with Gasteiger partial charge in [0.15, 0.2) is 0 Å². The predicted molar refractivity (Wildman–Crippen MR) is 81.6 cm³/mol. The first kappa shape index (κ1) is 14.9. The van der Waals surface area contributed by atoms with E-state index in [0.29, 0.717) is 0 Å². The highest BCUT2D eigenvalue weighted by molar-refractivity contribution is 5.97. The Balaban J connectivity index is 1.88. The molecule has 3 unspecified atom stereocenters. The summed E-state index contributed by atoms with van der Waals surface area (Å²) in [5.74, 6) is 1.39. The molecule has 0 aromatic carbocycles. The van der Waals surface area contributed by atoms with E-state index in [0.717, 1.165) is 38.1 Å². The van der Waals surface area contributed by atoms with Gasteiger partial charge in [-0.15, -0.1) is 0 Å². The molecule has 0 aromatic heterocycles. The van der Waals surface area contributed by atoms with Gasteiger partial charge in [-0.3, -0.25) is 9.59 Å². The lowest BCUT2D eigenvalue weighted by Crippen LogP contribution is -2.66. The minimum Gasteiger partial charge on any atom is -0.329 e. The molecule has 3 atom stereocenters. The Morgan fingerprint density at radius 2 is 1.86 bits per heavy atom. The van der Waals surface area contributed by atoms with Gasteiger partial charge in [-0.2, -0.15) is 0 Å². The molecule has 1 aliphatic carbocycles. The third kappa shape index (κ3) is 2.58. The molecule has 0 spiro atoms. The minimum atomic E-state index is -0.240. The van der Waals surface area contributed by atoms with E-state index in [-0.39, 0.29) is 35.9 Å². The van der Waals surface area contributed by atoms with Crippen LogP contribution in [0.4, 0.5) is 0 Å². The van der Waals surface area contributed by atoms with Crippen molar-refractivity contribution in [3.05, 3.63) is 0 Å². The van der Waals surface area contributed by atoms with Gasteiger partial charge in [-0.05, 0) is 37.5 Å². The molecule has 2 amide bonds. The second-order valence-electron chi connectivity index (χ2n) is 7.37. The van der Waals surface area contributed by atoms with Crippen molar-refractivity contribution in [2.24, 2.45) is 11.8 Å². The standard InChI is InChI=1S/C17H28N2O2/c1-4-13(10-12-7-8-12)19-15(11(2)3)17(21)18-9-5-6-14(18)16(19)20/h11-15H,4-10H2,1-3H3. The lowest BCUT2D eigenvalue weighted by atomic mass is 9.92. The van der Waals surface area contributed by atoms with E-state index in [1.54, 1.807) is 0 Å². The Morgan fingerprint density at radius 1 is 1.14 bits per heavy atom. The van der Waals surface area contributed by atoms with Gasteiger partial charge in [0.2, 0.25) is 11.8 Å². The molecule has 4 heteroatoms. The smallest absolute Gasteiger partial charge is 0.246 e. The summed E-state index contributed by atoms with van der Waals surface area (Å²) in [6, 6.07) is -0.152. The fourth-order valence-electron chi connectivity index (χ4n) is 4.11. The van der Waals surface area contributed by atoms with Crippen molar-refractivity contribution in [1.29, 1.82) is 0 Å². The number of hydrogen-bond donors (Lipinski definition) is 0. The van der Waals surface area contributed by atoms with Gasteiger partial charge in [0.05, 0.1) is 0 Å². The topological polar surface area (TPSA) is 40.6 Å². The van der Waals surface area contributed by atoms with Crippen molar-refractivity contribution < 1.29 is 9.59 Å². The van der Waals surface area contributed by atoms with Crippen LogP contribution in [-0.4, -0.2) is 46.3 Å². The largest absolute Gasteiger partial charge is 0.329 e. The average molecular weight is 292 g/mol. The molecule has 1 saturated carbocycles. The van der Waals surface area contributed by atoms with E-state index >= 15 is 0 Å². The maximum atomic E-state index is 13.0. The van der Waals surface area contributed by atoms with Crippen LogP contribution in [0.15, 0.2) is 0 Å². The van der Waals surface area contributed by atoms with Gasteiger partial charge in [0.25, 0.3) is 0 Å². The highest BCUT2D eigenvalue weighted by Crippen LogP contribution is 2.38. The molecule has 2 saturated heterocycles. The second kappa shape index (κ2) is 5.62. The summed E-state index contributed by atoms with van der Waals surface area (Å²) in [5.41, 5.74) is 0. The molecule has 2 heterocycles.